The Morgan fingerprint density at radius 3 is 2.75 bits per heavy atom. The molecule has 1 aliphatic rings. The van der Waals surface area contributed by atoms with Crippen LogP contribution in [0.4, 0.5) is 4.39 Å². The number of nitrogens with one attached hydrogen (secondary N) is 1. The number of rotatable bonds is 4. The van der Waals surface area contributed by atoms with Crippen molar-refractivity contribution in [2.45, 2.75) is 24.8 Å². The molecule has 0 spiro atoms. The Hall–Kier alpha value is -0.120. The first-order valence-corrected chi connectivity index (χ1v) is 6.66. The van der Waals surface area contributed by atoms with Gasteiger partial charge in [-0.2, -0.15) is 0 Å². The minimum Gasteiger partial charge on any atom is -0.312 e. The molecule has 1 N–H and O–H groups in total. The summed E-state index contributed by atoms with van der Waals surface area (Å²) in [6, 6.07) is 4.96. The quantitative estimate of drug-likeness (QED) is 0.837. The van der Waals surface area contributed by atoms with Crippen LogP contribution < -0.4 is 5.32 Å². The van der Waals surface area contributed by atoms with Crippen LogP contribution in [0.15, 0.2) is 22.7 Å². The molecule has 1 aromatic rings. The minimum absolute atomic E-state index is 0.198. The lowest BCUT2D eigenvalue weighted by Gasteiger charge is -2.31. The molecule has 1 nitrogen and oxygen atoms in total. The molecule has 0 radical (unpaired) electrons. The van der Waals surface area contributed by atoms with E-state index in [-0.39, 0.29) is 5.82 Å². The fraction of sp³-hybridized carbons (Fsp3) is 0.500. The van der Waals surface area contributed by atoms with Crippen molar-refractivity contribution in [2.24, 2.45) is 5.92 Å². The van der Waals surface area contributed by atoms with Crippen molar-refractivity contribution >= 4 is 27.5 Å². The lowest BCUT2D eigenvalue weighted by Crippen LogP contribution is -2.33. The van der Waals surface area contributed by atoms with Gasteiger partial charge in [-0.25, -0.2) is 4.39 Å². The van der Waals surface area contributed by atoms with E-state index in [1.807, 2.05) is 6.07 Å². The Bertz CT molecular complexity index is 346. The zero-order chi connectivity index (χ0) is 11.5. The average molecular weight is 307 g/mol. The Morgan fingerprint density at radius 1 is 1.38 bits per heavy atom. The first kappa shape index (κ1) is 12.3. The Labute approximate surface area is 109 Å². The van der Waals surface area contributed by atoms with Gasteiger partial charge in [0, 0.05) is 16.4 Å². The lowest BCUT2D eigenvalue weighted by molar-refractivity contribution is 0.308. The Morgan fingerprint density at radius 2 is 2.12 bits per heavy atom. The van der Waals surface area contributed by atoms with Gasteiger partial charge >= 0.3 is 0 Å². The SMILES string of the molecule is Fc1cc(Br)cc(CNCC2CC(Cl)C2)c1. The Kier molecular flexibility index (Phi) is 4.22. The highest BCUT2D eigenvalue weighted by Gasteiger charge is 2.26. The molecule has 4 heteroatoms. The van der Waals surface area contributed by atoms with E-state index in [0.717, 1.165) is 29.4 Å². The van der Waals surface area contributed by atoms with Crippen LogP contribution in [-0.4, -0.2) is 11.9 Å². The summed E-state index contributed by atoms with van der Waals surface area (Å²) in [5, 5.41) is 3.70. The number of hydrogen-bond donors (Lipinski definition) is 1. The Balaban J connectivity index is 1.76. The molecular formula is C12H14BrClFN. The third-order valence-electron chi connectivity index (χ3n) is 2.86. The smallest absolute Gasteiger partial charge is 0.124 e. The molecule has 0 saturated heterocycles. The largest absolute Gasteiger partial charge is 0.312 e. The molecule has 0 aliphatic heterocycles. The van der Waals surface area contributed by atoms with Crippen molar-refractivity contribution in [1.29, 1.82) is 0 Å². The summed E-state index contributed by atoms with van der Waals surface area (Å²) in [4.78, 5) is 0. The first-order valence-electron chi connectivity index (χ1n) is 5.43. The average Bonchev–Trinajstić information content (AvgIpc) is 2.13. The highest BCUT2D eigenvalue weighted by Crippen LogP contribution is 2.31. The highest BCUT2D eigenvalue weighted by molar-refractivity contribution is 9.10. The molecule has 1 aliphatic carbocycles. The molecule has 88 valence electrons. The second kappa shape index (κ2) is 5.48. The van der Waals surface area contributed by atoms with Gasteiger partial charge in [0.1, 0.15) is 5.82 Å². The topological polar surface area (TPSA) is 12.0 Å². The molecular weight excluding hydrogens is 292 g/mol. The first-order chi connectivity index (χ1) is 7.63. The maximum absolute atomic E-state index is 13.1. The van der Waals surface area contributed by atoms with Crippen LogP contribution >= 0.6 is 27.5 Å². The molecule has 0 heterocycles. The molecule has 0 bridgehead atoms. The zero-order valence-electron chi connectivity index (χ0n) is 8.85. The number of halogens is 3. The van der Waals surface area contributed by atoms with Gasteiger partial charge in [-0.05, 0) is 49.1 Å². The monoisotopic (exact) mass is 305 g/mol. The molecule has 0 atom stereocenters. The third-order valence-corrected chi connectivity index (χ3v) is 3.68. The van der Waals surface area contributed by atoms with Crippen molar-refractivity contribution in [3.63, 3.8) is 0 Å². The number of benzene rings is 1. The molecule has 1 saturated carbocycles. The van der Waals surface area contributed by atoms with Crippen molar-refractivity contribution < 1.29 is 4.39 Å². The van der Waals surface area contributed by atoms with Gasteiger partial charge in [-0.15, -0.1) is 11.6 Å². The van der Waals surface area contributed by atoms with E-state index in [2.05, 4.69) is 21.2 Å². The van der Waals surface area contributed by atoms with Gasteiger partial charge in [0.05, 0.1) is 0 Å². The van der Waals surface area contributed by atoms with Crippen LogP contribution in [0.5, 0.6) is 0 Å². The lowest BCUT2D eigenvalue weighted by atomic mass is 9.85. The van der Waals surface area contributed by atoms with Crippen LogP contribution in [0, 0.1) is 11.7 Å². The summed E-state index contributed by atoms with van der Waals surface area (Å²) in [5.74, 6) is 0.496. The van der Waals surface area contributed by atoms with Crippen LogP contribution in [-0.2, 0) is 6.54 Å². The van der Waals surface area contributed by atoms with Gasteiger partial charge in [-0.3, -0.25) is 0 Å². The van der Waals surface area contributed by atoms with Crippen molar-refractivity contribution in [1.82, 2.24) is 5.32 Å². The zero-order valence-corrected chi connectivity index (χ0v) is 11.2. The van der Waals surface area contributed by atoms with Gasteiger partial charge in [0.2, 0.25) is 0 Å². The predicted molar refractivity (Wildman–Crippen MR) is 68.2 cm³/mol. The molecule has 0 amide bonds. The second-order valence-electron chi connectivity index (χ2n) is 4.34. The number of alkyl halides is 1. The van der Waals surface area contributed by atoms with E-state index in [1.165, 1.54) is 6.07 Å². The van der Waals surface area contributed by atoms with Gasteiger partial charge in [0.15, 0.2) is 0 Å². The second-order valence-corrected chi connectivity index (χ2v) is 5.88. The maximum atomic E-state index is 13.1. The van der Waals surface area contributed by atoms with Gasteiger partial charge in [-0.1, -0.05) is 15.9 Å². The van der Waals surface area contributed by atoms with Crippen LogP contribution in [0.3, 0.4) is 0 Å². The summed E-state index contributed by atoms with van der Waals surface area (Å²) in [5.41, 5.74) is 0.966. The molecule has 1 fully saturated rings. The summed E-state index contributed by atoms with van der Waals surface area (Å²) in [6.45, 7) is 1.68. The van der Waals surface area contributed by atoms with Crippen LogP contribution in [0.1, 0.15) is 18.4 Å². The van der Waals surface area contributed by atoms with E-state index in [1.54, 1.807) is 6.07 Å². The summed E-state index contributed by atoms with van der Waals surface area (Å²) in [6.07, 6.45) is 2.20. The van der Waals surface area contributed by atoms with Crippen LogP contribution in [0.25, 0.3) is 0 Å². The van der Waals surface area contributed by atoms with Crippen molar-refractivity contribution in [3.05, 3.63) is 34.1 Å². The summed E-state index contributed by atoms with van der Waals surface area (Å²) < 4.78 is 13.9. The van der Waals surface area contributed by atoms with Gasteiger partial charge < -0.3 is 5.32 Å². The molecule has 2 rings (SSSR count). The van der Waals surface area contributed by atoms with E-state index in [9.17, 15) is 4.39 Å². The van der Waals surface area contributed by atoms with Crippen molar-refractivity contribution in [3.8, 4) is 0 Å². The third kappa shape index (κ3) is 3.44. The molecule has 0 aromatic heterocycles. The molecule has 16 heavy (non-hydrogen) atoms. The van der Waals surface area contributed by atoms with E-state index >= 15 is 0 Å². The van der Waals surface area contributed by atoms with Crippen molar-refractivity contribution in [2.75, 3.05) is 6.54 Å². The fourth-order valence-electron chi connectivity index (χ4n) is 1.95. The standard InChI is InChI=1S/C12H14BrClFN/c13-10-1-8(4-12(15)5-10)6-16-7-9-2-11(14)3-9/h1,4-5,9,11,16H,2-3,6-7H2. The summed E-state index contributed by atoms with van der Waals surface area (Å²) in [7, 11) is 0. The summed E-state index contributed by atoms with van der Waals surface area (Å²) >= 11 is 9.18. The predicted octanol–water partition coefficient (Wildman–Crippen LogP) is 3.70. The minimum atomic E-state index is -0.198. The fourth-order valence-corrected chi connectivity index (χ4v) is 2.97. The number of hydrogen-bond acceptors (Lipinski definition) is 1. The van der Waals surface area contributed by atoms with E-state index in [0.29, 0.717) is 17.8 Å². The highest BCUT2D eigenvalue weighted by atomic mass is 79.9. The van der Waals surface area contributed by atoms with Gasteiger partial charge in [0.25, 0.3) is 0 Å². The normalized spacial score (nSPS) is 24.2. The van der Waals surface area contributed by atoms with Crippen LogP contribution in [0.2, 0.25) is 0 Å². The molecule has 1 aromatic carbocycles. The van der Waals surface area contributed by atoms with E-state index in [4.69, 9.17) is 11.6 Å². The van der Waals surface area contributed by atoms with E-state index < -0.39 is 0 Å². The maximum Gasteiger partial charge on any atom is 0.124 e. The molecule has 0 unspecified atom stereocenters.